The Hall–Kier alpha value is -2.71. The molecule has 0 aliphatic carbocycles. The fourth-order valence-corrected chi connectivity index (χ4v) is 2.93. The zero-order chi connectivity index (χ0) is 17.5. The molecule has 0 radical (unpaired) electrons. The summed E-state index contributed by atoms with van der Waals surface area (Å²) in [5.41, 5.74) is 5.98. The van der Waals surface area contributed by atoms with Crippen molar-refractivity contribution in [2.45, 2.75) is 6.18 Å². The van der Waals surface area contributed by atoms with Crippen LogP contribution in [0.3, 0.4) is 0 Å². The first kappa shape index (κ1) is 16.2. The third kappa shape index (κ3) is 2.77. The summed E-state index contributed by atoms with van der Waals surface area (Å²) in [7, 11) is 0. The monoisotopic (exact) mass is 338 g/mol. The third-order valence-corrected chi connectivity index (χ3v) is 4.12. The molecule has 24 heavy (non-hydrogen) atoms. The molecule has 3 rings (SSSR count). The topological polar surface area (TPSA) is 89.2 Å². The molecule has 0 spiro atoms. The SMILES string of the molecule is NC(=O)[C@@H]1CN(C(=O)c2cccc3nccnc23)C[C@H]1C(F)(F)F. The van der Waals surface area contributed by atoms with Crippen molar-refractivity contribution in [1.29, 1.82) is 0 Å². The van der Waals surface area contributed by atoms with Crippen LogP contribution in [0.5, 0.6) is 0 Å². The van der Waals surface area contributed by atoms with Crippen LogP contribution in [0, 0.1) is 11.8 Å². The smallest absolute Gasteiger partial charge is 0.369 e. The number of fused-ring (bicyclic) bond motifs is 1. The van der Waals surface area contributed by atoms with E-state index in [0.29, 0.717) is 11.0 Å². The highest BCUT2D eigenvalue weighted by molar-refractivity contribution is 6.04. The summed E-state index contributed by atoms with van der Waals surface area (Å²) in [4.78, 5) is 33.1. The number of amides is 2. The van der Waals surface area contributed by atoms with Gasteiger partial charge >= 0.3 is 6.18 Å². The zero-order valence-corrected chi connectivity index (χ0v) is 12.3. The minimum absolute atomic E-state index is 0.145. The van der Waals surface area contributed by atoms with Crippen LogP contribution in [-0.2, 0) is 4.79 Å². The first-order chi connectivity index (χ1) is 11.3. The maximum Gasteiger partial charge on any atom is 0.394 e. The molecule has 1 aromatic heterocycles. The van der Waals surface area contributed by atoms with E-state index in [9.17, 15) is 22.8 Å². The van der Waals surface area contributed by atoms with E-state index in [1.54, 1.807) is 12.1 Å². The molecule has 2 N–H and O–H groups in total. The van der Waals surface area contributed by atoms with Crippen LogP contribution in [-0.4, -0.2) is 45.9 Å². The molecule has 1 aromatic carbocycles. The molecule has 1 saturated heterocycles. The molecule has 0 unspecified atom stereocenters. The van der Waals surface area contributed by atoms with E-state index >= 15 is 0 Å². The maximum atomic E-state index is 13.1. The van der Waals surface area contributed by atoms with Crippen LogP contribution in [0.4, 0.5) is 13.2 Å². The van der Waals surface area contributed by atoms with E-state index in [1.807, 2.05) is 0 Å². The third-order valence-electron chi connectivity index (χ3n) is 4.12. The lowest BCUT2D eigenvalue weighted by molar-refractivity contribution is -0.182. The van der Waals surface area contributed by atoms with Gasteiger partial charge in [-0.1, -0.05) is 6.07 Å². The van der Waals surface area contributed by atoms with Gasteiger partial charge in [0.05, 0.1) is 22.9 Å². The number of alkyl halides is 3. The Labute approximate surface area is 134 Å². The van der Waals surface area contributed by atoms with Crippen LogP contribution in [0.2, 0.25) is 0 Å². The predicted octanol–water partition coefficient (Wildman–Crippen LogP) is 1.37. The van der Waals surface area contributed by atoms with Crippen LogP contribution in [0.25, 0.3) is 11.0 Å². The molecule has 1 fully saturated rings. The Bertz CT molecular complexity index is 803. The quantitative estimate of drug-likeness (QED) is 0.895. The van der Waals surface area contributed by atoms with Gasteiger partial charge in [-0.25, -0.2) is 0 Å². The molecule has 2 atom stereocenters. The highest BCUT2D eigenvalue weighted by Crippen LogP contribution is 2.38. The fraction of sp³-hybridized carbons (Fsp3) is 0.333. The van der Waals surface area contributed by atoms with Gasteiger partial charge in [0, 0.05) is 25.5 Å². The lowest BCUT2D eigenvalue weighted by atomic mass is 9.95. The van der Waals surface area contributed by atoms with Crippen molar-refractivity contribution >= 4 is 22.8 Å². The van der Waals surface area contributed by atoms with Gasteiger partial charge in [-0.2, -0.15) is 13.2 Å². The molecule has 2 aromatic rings. The Morgan fingerprint density at radius 1 is 1.17 bits per heavy atom. The summed E-state index contributed by atoms with van der Waals surface area (Å²) < 4.78 is 39.3. The number of hydrogen-bond donors (Lipinski definition) is 1. The van der Waals surface area contributed by atoms with Crippen molar-refractivity contribution in [3.05, 3.63) is 36.2 Å². The normalized spacial score (nSPS) is 21.2. The number of halogens is 3. The molecule has 2 amide bonds. The number of likely N-dealkylation sites (tertiary alicyclic amines) is 1. The number of hydrogen-bond acceptors (Lipinski definition) is 4. The van der Waals surface area contributed by atoms with Gasteiger partial charge in [0.1, 0.15) is 5.52 Å². The molecule has 1 aliphatic rings. The Kier molecular flexibility index (Phi) is 3.86. The van der Waals surface area contributed by atoms with Crippen LogP contribution in [0.1, 0.15) is 10.4 Å². The largest absolute Gasteiger partial charge is 0.394 e. The maximum absolute atomic E-state index is 13.1. The number of carbonyl (C=O) groups is 2. The average Bonchev–Trinajstić information content (AvgIpc) is 2.99. The number of para-hydroxylation sites is 1. The number of rotatable bonds is 2. The number of nitrogens with two attached hydrogens (primary N) is 1. The Balaban J connectivity index is 1.94. The summed E-state index contributed by atoms with van der Waals surface area (Å²) in [6, 6.07) is 4.69. The van der Waals surface area contributed by atoms with Crippen LogP contribution in [0.15, 0.2) is 30.6 Å². The zero-order valence-electron chi connectivity index (χ0n) is 12.3. The van der Waals surface area contributed by atoms with E-state index in [4.69, 9.17) is 5.73 Å². The molecule has 9 heteroatoms. The Morgan fingerprint density at radius 2 is 1.88 bits per heavy atom. The van der Waals surface area contributed by atoms with Gasteiger partial charge in [0.25, 0.3) is 5.91 Å². The van der Waals surface area contributed by atoms with Crippen molar-refractivity contribution < 1.29 is 22.8 Å². The van der Waals surface area contributed by atoms with Gasteiger partial charge in [-0.15, -0.1) is 0 Å². The van der Waals surface area contributed by atoms with Crippen molar-refractivity contribution in [2.24, 2.45) is 17.6 Å². The Morgan fingerprint density at radius 3 is 2.50 bits per heavy atom. The summed E-state index contributed by atoms with van der Waals surface area (Å²) in [5.74, 6) is -5.10. The van der Waals surface area contributed by atoms with E-state index in [0.717, 1.165) is 4.90 Å². The first-order valence-corrected chi connectivity index (χ1v) is 7.14. The van der Waals surface area contributed by atoms with E-state index in [-0.39, 0.29) is 12.1 Å². The minimum atomic E-state index is -4.60. The highest BCUT2D eigenvalue weighted by atomic mass is 19.4. The molecule has 0 saturated carbocycles. The molecule has 1 aliphatic heterocycles. The molecular formula is C15H13F3N4O2. The number of benzene rings is 1. The molecule has 0 bridgehead atoms. The first-order valence-electron chi connectivity index (χ1n) is 7.14. The molecule has 2 heterocycles. The standard InChI is InChI=1S/C15H13F3N4O2/c16-15(17,18)10-7-22(6-9(10)13(19)23)14(24)8-2-1-3-11-12(8)21-5-4-20-11/h1-5,9-10H,6-7H2,(H2,19,23)/t9-,10-/m1/s1. The minimum Gasteiger partial charge on any atom is -0.369 e. The number of primary amides is 1. The number of nitrogens with zero attached hydrogens (tertiary/aromatic N) is 3. The lowest BCUT2D eigenvalue weighted by Crippen LogP contribution is -2.37. The van der Waals surface area contributed by atoms with Gasteiger partial charge in [0.15, 0.2) is 0 Å². The number of aromatic nitrogens is 2. The van der Waals surface area contributed by atoms with Crippen molar-refractivity contribution in [3.8, 4) is 0 Å². The van der Waals surface area contributed by atoms with Crippen molar-refractivity contribution in [1.82, 2.24) is 14.9 Å². The second-order valence-corrected chi connectivity index (χ2v) is 5.60. The predicted molar refractivity (Wildman–Crippen MR) is 77.7 cm³/mol. The second-order valence-electron chi connectivity index (χ2n) is 5.60. The van der Waals surface area contributed by atoms with Gasteiger partial charge in [-0.3, -0.25) is 19.6 Å². The lowest BCUT2D eigenvalue weighted by Gasteiger charge is -2.19. The molecule has 126 valence electrons. The van der Waals surface area contributed by atoms with E-state index in [1.165, 1.54) is 18.5 Å². The summed E-state index contributed by atoms with van der Waals surface area (Å²) in [5, 5.41) is 0. The van der Waals surface area contributed by atoms with Crippen molar-refractivity contribution in [2.75, 3.05) is 13.1 Å². The van der Waals surface area contributed by atoms with Crippen molar-refractivity contribution in [3.63, 3.8) is 0 Å². The van der Waals surface area contributed by atoms with Crippen LogP contribution < -0.4 is 5.73 Å². The van der Waals surface area contributed by atoms with Crippen LogP contribution >= 0.6 is 0 Å². The number of carbonyl (C=O) groups excluding carboxylic acids is 2. The van der Waals surface area contributed by atoms with Gasteiger partial charge < -0.3 is 10.6 Å². The van der Waals surface area contributed by atoms with E-state index < -0.39 is 36.4 Å². The molecule has 6 nitrogen and oxygen atoms in total. The summed E-state index contributed by atoms with van der Waals surface area (Å²) in [6.07, 6.45) is -1.75. The molecular weight excluding hydrogens is 325 g/mol. The van der Waals surface area contributed by atoms with Gasteiger partial charge in [0.2, 0.25) is 5.91 Å². The average molecular weight is 338 g/mol. The second kappa shape index (κ2) is 5.73. The fourth-order valence-electron chi connectivity index (χ4n) is 2.93. The summed E-state index contributed by atoms with van der Waals surface area (Å²) in [6.45, 7) is -0.971. The summed E-state index contributed by atoms with van der Waals surface area (Å²) >= 11 is 0. The van der Waals surface area contributed by atoms with Gasteiger partial charge in [-0.05, 0) is 12.1 Å². The van der Waals surface area contributed by atoms with E-state index in [2.05, 4.69) is 9.97 Å². The highest BCUT2D eigenvalue weighted by Gasteiger charge is 2.52.